The van der Waals surface area contributed by atoms with E-state index in [0.717, 1.165) is 4.47 Å². The smallest absolute Gasteiger partial charge is 0.254 e. The van der Waals surface area contributed by atoms with Crippen LogP contribution in [0.25, 0.3) is 0 Å². The molecule has 2 aromatic rings. The van der Waals surface area contributed by atoms with Gasteiger partial charge >= 0.3 is 0 Å². The van der Waals surface area contributed by atoms with Gasteiger partial charge in [0.15, 0.2) is 5.72 Å². The average molecular weight is 310 g/mol. The molecule has 0 spiro atoms. The Labute approximate surface area is 110 Å². The lowest BCUT2D eigenvalue weighted by Gasteiger charge is -2.22. The van der Waals surface area contributed by atoms with Crippen LogP contribution in [0.1, 0.15) is 21.5 Å². The highest BCUT2D eigenvalue weighted by Gasteiger charge is 2.43. The molecule has 0 aliphatic carbocycles. The quantitative estimate of drug-likeness (QED) is 0.850. The lowest BCUT2D eigenvalue weighted by molar-refractivity contribution is 0.0479. The summed E-state index contributed by atoms with van der Waals surface area (Å²) in [6, 6.07) is 7.07. The van der Waals surface area contributed by atoms with Crippen LogP contribution in [0.4, 0.5) is 0 Å². The highest BCUT2D eigenvalue weighted by atomic mass is 79.9. The van der Waals surface area contributed by atoms with Crippen molar-refractivity contribution >= 4 is 33.2 Å². The normalized spacial score (nSPS) is 22.4. The number of halogens is 1. The minimum absolute atomic E-state index is 0.249. The molecule has 2 N–H and O–H groups in total. The maximum Gasteiger partial charge on any atom is 0.254 e. The second-order valence-electron chi connectivity index (χ2n) is 3.87. The maximum absolute atomic E-state index is 11.8. The fourth-order valence-electron chi connectivity index (χ4n) is 2.01. The van der Waals surface area contributed by atoms with E-state index in [1.165, 1.54) is 11.3 Å². The molecule has 1 amide bonds. The monoisotopic (exact) mass is 309 g/mol. The van der Waals surface area contributed by atoms with E-state index in [9.17, 15) is 9.90 Å². The van der Waals surface area contributed by atoms with E-state index in [4.69, 9.17) is 0 Å². The SMILES string of the molecule is O=C1NC(O)(c2ccsc2)c2cc(Br)ccc21. The van der Waals surface area contributed by atoms with Gasteiger partial charge in [0.25, 0.3) is 5.91 Å². The number of rotatable bonds is 1. The Morgan fingerprint density at radius 3 is 2.88 bits per heavy atom. The van der Waals surface area contributed by atoms with Gasteiger partial charge in [-0.2, -0.15) is 11.3 Å². The molecule has 0 radical (unpaired) electrons. The number of amides is 1. The van der Waals surface area contributed by atoms with Crippen molar-refractivity contribution in [3.05, 3.63) is 56.2 Å². The Kier molecular flexibility index (Phi) is 2.36. The molecule has 2 heterocycles. The molecular formula is C12H8BrNO2S. The molecule has 0 saturated carbocycles. The van der Waals surface area contributed by atoms with Crippen LogP contribution in [0, 0.1) is 0 Å². The number of benzene rings is 1. The van der Waals surface area contributed by atoms with Gasteiger partial charge in [-0.15, -0.1) is 0 Å². The summed E-state index contributed by atoms with van der Waals surface area (Å²) in [4.78, 5) is 11.8. The van der Waals surface area contributed by atoms with Crippen molar-refractivity contribution < 1.29 is 9.90 Å². The summed E-state index contributed by atoms with van der Waals surface area (Å²) in [5.74, 6) is -0.249. The zero-order chi connectivity index (χ0) is 12.0. The number of nitrogens with one attached hydrogen (secondary N) is 1. The molecule has 1 aromatic carbocycles. The fraction of sp³-hybridized carbons (Fsp3) is 0.0833. The van der Waals surface area contributed by atoms with E-state index in [0.29, 0.717) is 16.7 Å². The summed E-state index contributed by atoms with van der Waals surface area (Å²) >= 11 is 4.83. The van der Waals surface area contributed by atoms with Gasteiger partial charge in [-0.1, -0.05) is 15.9 Å². The summed E-state index contributed by atoms with van der Waals surface area (Å²) in [5, 5.41) is 17.0. The molecule has 0 bridgehead atoms. The van der Waals surface area contributed by atoms with Crippen molar-refractivity contribution in [2.24, 2.45) is 0 Å². The first-order valence-electron chi connectivity index (χ1n) is 4.99. The first-order chi connectivity index (χ1) is 8.11. The van der Waals surface area contributed by atoms with Crippen LogP contribution in [0.5, 0.6) is 0 Å². The third-order valence-electron chi connectivity index (χ3n) is 2.85. The van der Waals surface area contributed by atoms with Gasteiger partial charge in [-0.3, -0.25) is 4.79 Å². The first-order valence-corrected chi connectivity index (χ1v) is 6.72. The van der Waals surface area contributed by atoms with Gasteiger partial charge in [-0.25, -0.2) is 0 Å². The van der Waals surface area contributed by atoms with Crippen LogP contribution >= 0.6 is 27.3 Å². The Morgan fingerprint density at radius 1 is 1.35 bits per heavy atom. The number of aliphatic hydroxyl groups is 1. The van der Waals surface area contributed by atoms with Crippen molar-refractivity contribution in [3.63, 3.8) is 0 Å². The lowest BCUT2D eigenvalue weighted by Crippen LogP contribution is -2.39. The van der Waals surface area contributed by atoms with Crippen molar-refractivity contribution in [1.82, 2.24) is 5.32 Å². The van der Waals surface area contributed by atoms with Crippen LogP contribution in [-0.2, 0) is 5.72 Å². The Hall–Kier alpha value is -1.17. The Morgan fingerprint density at radius 2 is 2.18 bits per heavy atom. The number of hydrogen-bond donors (Lipinski definition) is 2. The van der Waals surface area contributed by atoms with Crippen LogP contribution in [0.3, 0.4) is 0 Å². The summed E-state index contributed by atoms with van der Waals surface area (Å²) in [5.41, 5.74) is 0.390. The van der Waals surface area contributed by atoms with Crippen molar-refractivity contribution in [1.29, 1.82) is 0 Å². The van der Waals surface area contributed by atoms with Gasteiger partial charge in [0.1, 0.15) is 0 Å². The van der Waals surface area contributed by atoms with Gasteiger partial charge in [0.2, 0.25) is 0 Å². The van der Waals surface area contributed by atoms with E-state index in [1.807, 2.05) is 10.8 Å². The standard InChI is InChI=1S/C12H8BrNO2S/c13-8-1-2-9-10(5-8)12(16,14-11(9)15)7-3-4-17-6-7/h1-6,16H,(H,14,15). The van der Waals surface area contributed by atoms with Gasteiger partial charge in [0.05, 0.1) is 0 Å². The average Bonchev–Trinajstić information content (AvgIpc) is 2.88. The Balaban J connectivity index is 2.24. The summed E-state index contributed by atoms with van der Waals surface area (Å²) in [7, 11) is 0. The van der Waals surface area contributed by atoms with Gasteiger partial charge in [-0.05, 0) is 35.0 Å². The van der Waals surface area contributed by atoms with Crippen molar-refractivity contribution in [2.75, 3.05) is 0 Å². The molecule has 86 valence electrons. The third kappa shape index (κ3) is 1.54. The number of carbonyl (C=O) groups excluding carboxylic acids is 1. The number of fused-ring (bicyclic) bond motifs is 1. The first kappa shape index (κ1) is 11.0. The topological polar surface area (TPSA) is 49.3 Å². The second kappa shape index (κ2) is 3.66. The molecule has 3 rings (SSSR count). The second-order valence-corrected chi connectivity index (χ2v) is 5.56. The molecule has 1 aromatic heterocycles. The molecule has 0 fully saturated rings. The minimum atomic E-state index is -1.41. The zero-order valence-corrected chi connectivity index (χ0v) is 11.0. The molecule has 3 nitrogen and oxygen atoms in total. The highest BCUT2D eigenvalue weighted by Crippen LogP contribution is 2.37. The predicted octanol–water partition coefficient (Wildman–Crippen LogP) is 2.45. The third-order valence-corrected chi connectivity index (χ3v) is 4.03. The molecule has 1 aliphatic rings. The predicted molar refractivity (Wildman–Crippen MR) is 68.9 cm³/mol. The molecule has 0 saturated heterocycles. The van der Waals surface area contributed by atoms with E-state index < -0.39 is 5.72 Å². The van der Waals surface area contributed by atoms with Crippen LogP contribution in [0.2, 0.25) is 0 Å². The van der Waals surface area contributed by atoms with Gasteiger partial charge in [0, 0.05) is 21.2 Å². The van der Waals surface area contributed by atoms with E-state index in [2.05, 4.69) is 21.2 Å². The molecular weight excluding hydrogens is 302 g/mol. The van der Waals surface area contributed by atoms with Crippen molar-refractivity contribution in [3.8, 4) is 0 Å². The largest absolute Gasteiger partial charge is 0.363 e. The number of thiophene rings is 1. The molecule has 5 heteroatoms. The van der Waals surface area contributed by atoms with E-state index in [-0.39, 0.29) is 5.91 Å². The fourth-order valence-corrected chi connectivity index (χ4v) is 3.07. The maximum atomic E-state index is 11.8. The van der Waals surface area contributed by atoms with Gasteiger partial charge < -0.3 is 10.4 Å². The minimum Gasteiger partial charge on any atom is -0.363 e. The summed E-state index contributed by atoms with van der Waals surface area (Å²) < 4.78 is 0.835. The summed E-state index contributed by atoms with van der Waals surface area (Å²) in [6.07, 6.45) is 0. The molecule has 17 heavy (non-hydrogen) atoms. The number of hydrogen-bond acceptors (Lipinski definition) is 3. The Bertz CT molecular complexity index is 597. The van der Waals surface area contributed by atoms with Crippen LogP contribution < -0.4 is 5.32 Å². The number of carbonyl (C=O) groups is 1. The zero-order valence-electron chi connectivity index (χ0n) is 8.61. The van der Waals surface area contributed by atoms with Crippen LogP contribution in [-0.4, -0.2) is 11.0 Å². The van der Waals surface area contributed by atoms with E-state index >= 15 is 0 Å². The van der Waals surface area contributed by atoms with Crippen molar-refractivity contribution in [2.45, 2.75) is 5.72 Å². The molecule has 1 aliphatic heterocycles. The summed E-state index contributed by atoms with van der Waals surface area (Å²) in [6.45, 7) is 0. The molecule has 1 unspecified atom stereocenters. The van der Waals surface area contributed by atoms with Crippen LogP contribution in [0.15, 0.2) is 39.5 Å². The molecule has 1 atom stereocenters. The van der Waals surface area contributed by atoms with E-state index in [1.54, 1.807) is 24.3 Å². The highest BCUT2D eigenvalue weighted by molar-refractivity contribution is 9.10. The lowest BCUT2D eigenvalue weighted by atomic mass is 9.97.